The molecule has 0 bridgehead atoms. The average Bonchev–Trinajstić information content (AvgIpc) is 2.82. The number of anilines is 2. The molecular formula is C25H26N4O5S. The molecule has 0 radical (unpaired) electrons. The Kier molecular flexibility index (Phi) is 8.21. The highest BCUT2D eigenvalue weighted by molar-refractivity contribution is 7.92. The first-order valence-electron chi connectivity index (χ1n) is 10.6. The van der Waals surface area contributed by atoms with Gasteiger partial charge in [0.15, 0.2) is 0 Å². The monoisotopic (exact) mass is 494 g/mol. The molecule has 2 N–H and O–H groups in total. The lowest BCUT2D eigenvalue weighted by Crippen LogP contribution is -2.39. The molecule has 3 aromatic carbocycles. The van der Waals surface area contributed by atoms with Crippen molar-refractivity contribution in [1.82, 2.24) is 5.43 Å². The molecule has 3 rings (SSSR count). The summed E-state index contributed by atoms with van der Waals surface area (Å²) in [6.45, 7) is 2.67. The van der Waals surface area contributed by atoms with Gasteiger partial charge in [0.2, 0.25) is 15.9 Å². The van der Waals surface area contributed by atoms with E-state index in [1.54, 1.807) is 67.6 Å². The van der Waals surface area contributed by atoms with Gasteiger partial charge in [-0.3, -0.25) is 13.9 Å². The van der Waals surface area contributed by atoms with Crippen LogP contribution in [0, 0.1) is 0 Å². The summed E-state index contributed by atoms with van der Waals surface area (Å²) in [5.41, 5.74) is 4.60. The standard InChI is InChI=1S/C25H26N4O5S/c1-18(20-9-11-21(12-10-20)26-19(2)30)27-28-25(31)17-29(35(3,32)33)22-13-15-24(16-14-22)34-23-7-5-4-6-8-23/h4-16H,17H2,1-3H3,(H,26,30)(H,28,31)/b27-18-. The van der Waals surface area contributed by atoms with Crippen molar-refractivity contribution in [3.8, 4) is 11.5 Å². The van der Waals surface area contributed by atoms with Crippen molar-refractivity contribution in [2.24, 2.45) is 5.10 Å². The molecule has 2 amide bonds. The highest BCUT2D eigenvalue weighted by Crippen LogP contribution is 2.25. The fourth-order valence-corrected chi connectivity index (χ4v) is 3.94. The summed E-state index contributed by atoms with van der Waals surface area (Å²) >= 11 is 0. The lowest BCUT2D eigenvalue weighted by molar-refractivity contribution is -0.119. The predicted molar refractivity (Wildman–Crippen MR) is 136 cm³/mol. The third-order valence-corrected chi connectivity index (χ3v) is 5.90. The number of nitrogens with one attached hydrogen (secondary N) is 2. The van der Waals surface area contributed by atoms with Gasteiger partial charge in [0.1, 0.15) is 18.0 Å². The Morgan fingerprint density at radius 3 is 2.06 bits per heavy atom. The second-order valence-corrected chi connectivity index (χ2v) is 9.58. The van der Waals surface area contributed by atoms with Crippen molar-refractivity contribution in [3.05, 3.63) is 84.4 Å². The maximum atomic E-state index is 12.5. The molecule has 182 valence electrons. The highest BCUT2D eigenvalue weighted by Gasteiger charge is 2.21. The first kappa shape index (κ1) is 25.4. The second kappa shape index (κ2) is 11.3. The fourth-order valence-electron chi connectivity index (χ4n) is 3.08. The highest BCUT2D eigenvalue weighted by atomic mass is 32.2. The number of hydrazone groups is 1. The molecule has 3 aromatic rings. The Bertz CT molecular complexity index is 1310. The number of para-hydroxylation sites is 1. The van der Waals surface area contributed by atoms with Crippen molar-refractivity contribution in [2.75, 3.05) is 22.4 Å². The van der Waals surface area contributed by atoms with Crippen molar-refractivity contribution in [1.29, 1.82) is 0 Å². The van der Waals surface area contributed by atoms with Crippen LogP contribution in [0.15, 0.2) is 84.0 Å². The number of ether oxygens (including phenoxy) is 1. The van der Waals surface area contributed by atoms with Gasteiger partial charge in [-0.05, 0) is 61.0 Å². The van der Waals surface area contributed by atoms with Gasteiger partial charge >= 0.3 is 0 Å². The maximum Gasteiger partial charge on any atom is 0.260 e. The van der Waals surface area contributed by atoms with Crippen LogP contribution in [0.3, 0.4) is 0 Å². The molecular weight excluding hydrogens is 468 g/mol. The van der Waals surface area contributed by atoms with Crippen LogP contribution in [-0.2, 0) is 19.6 Å². The smallest absolute Gasteiger partial charge is 0.260 e. The zero-order valence-electron chi connectivity index (χ0n) is 19.6. The van der Waals surface area contributed by atoms with Crippen LogP contribution in [0.5, 0.6) is 11.5 Å². The first-order valence-corrected chi connectivity index (χ1v) is 12.5. The molecule has 0 aromatic heterocycles. The summed E-state index contributed by atoms with van der Waals surface area (Å²) in [5.74, 6) is 0.402. The molecule has 0 saturated carbocycles. The van der Waals surface area contributed by atoms with Gasteiger partial charge in [0.25, 0.3) is 5.91 Å². The number of sulfonamides is 1. The number of amides is 2. The average molecular weight is 495 g/mol. The van der Waals surface area contributed by atoms with E-state index in [1.807, 2.05) is 18.2 Å². The Hall–Kier alpha value is -4.18. The minimum atomic E-state index is -3.74. The van der Waals surface area contributed by atoms with Crippen molar-refractivity contribution in [2.45, 2.75) is 13.8 Å². The Morgan fingerprint density at radius 1 is 0.886 bits per heavy atom. The zero-order valence-corrected chi connectivity index (χ0v) is 20.4. The minimum Gasteiger partial charge on any atom is -0.457 e. The fraction of sp³-hybridized carbons (Fsp3) is 0.160. The topological polar surface area (TPSA) is 117 Å². The van der Waals surface area contributed by atoms with Crippen LogP contribution in [0.1, 0.15) is 19.4 Å². The van der Waals surface area contributed by atoms with Crippen LogP contribution >= 0.6 is 0 Å². The number of rotatable bonds is 9. The van der Waals surface area contributed by atoms with Crippen molar-refractivity contribution >= 4 is 38.9 Å². The van der Waals surface area contributed by atoms with E-state index in [4.69, 9.17) is 4.74 Å². The molecule has 0 atom stereocenters. The first-order chi connectivity index (χ1) is 16.6. The van der Waals surface area contributed by atoms with E-state index in [0.717, 1.165) is 16.1 Å². The van der Waals surface area contributed by atoms with E-state index in [0.29, 0.717) is 28.6 Å². The number of carbonyl (C=O) groups excluding carboxylic acids is 2. The van der Waals surface area contributed by atoms with Gasteiger partial charge < -0.3 is 10.1 Å². The molecule has 0 fully saturated rings. The molecule has 0 heterocycles. The lowest BCUT2D eigenvalue weighted by Gasteiger charge is -2.21. The number of hydrogen-bond acceptors (Lipinski definition) is 6. The van der Waals surface area contributed by atoms with E-state index in [1.165, 1.54) is 6.92 Å². The summed E-state index contributed by atoms with van der Waals surface area (Å²) in [4.78, 5) is 23.6. The van der Waals surface area contributed by atoms with Crippen molar-refractivity contribution in [3.63, 3.8) is 0 Å². The van der Waals surface area contributed by atoms with Crippen LogP contribution in [-0.4, -0.2) is 38.7 Å². The Labute approximate surface area is 204 Å². The Morgan fingerprint density at radius 2 is 1.49 bits per heavy atom. The van der Waals surface area contributed by atoms with Gasteiger partial charge in [-0.15, -0.1) is 0 Å². The molecule has 9 nitrogen and oxygen atoms in total. The Balaban J connectivity index is 1.66. The quantitative estimate of drug-likeness (QED) is 0.347. The second-order valence-electron chi connectivity index (χ2n) is 7.67. The number of carbonyl (C=O) groups is 2. The number of hydrogen-bond donors (Lipinski definition) is 2. The van der Waals surface area contributed by atoms with Crippen LogP contribution in [0.4, 0.5) is 11.4 Å². The van der Waals surface area contributed by atoms with Gasteiger partial charge in [0.05, 0.1) is 17.7 Å². The summed E-state index contributed by atoms with van der Waals surface area (Å²) in [6, 6.07) is 22.5. The van der Waals surface area contributed by atoms with Crippen molar-refractivity contribution < 1.29 is 22.7 Å². The van der Waals surface area contributed by atoms with Crippen LogP contribution < -0.4 is 19.8 Å². The number of benzene rings is 3. The van der Waals surface area contributed by atoms with E-state index in [-0.39, 0.29) is 5.91 Å². The lowest BCUT2D eigenvalue weighted by atomic mass is 10.1. The molecule has 35 heavy (non-hydrogen) atoms. The molecule has 10 heteroatoms. The van der Waals surface area contributed by atoms with Crippen LogP contribution in [0.25, 0.3) is 0 Å². The van der Waals surface area contributed by atoms with E-state index >= 15 is 0 Å². The summed E-state index contributed by atoms with van der Waals surface area (Å²) in [7, 11) is -3.74. The largest absolute Gasteiger partial charge is 0.457 e. The number of nitrogens with zero attached hydrogens (tertiary/aromatic N) is 2. The van der Waals surface area contributed by atoms with Gasteiger partial charge in [0, 0.05) is 12.6 Å². The molecule has 0 unspecified atom stereocenters. The SMILES string of the molecule is CC(=O)Nc1ccc(/C(C)=N\NC(=O)CN(c2ccc(Oc3ccccc3)cc2)S(C)(=O)=O)cc1. The predicted octanol–water partition coefficient (Wildman–Crippen LogP) is 3.74. The zero-order chi connectivity index (χ0) is 25.4. The minimum absolute atomic E-state index is 0.177. The molecule has 0 aliphatic rings. The van der Waals surface area contributed by atoms with E-state index in [9.17, 15) is 18.0 Å². The normalized spacial score (nSPS) is 11.5. The summed E-state index contributed by atoms with van der Waals surface area (Å²) in [6.07, 6.45) is 1.03. The van der Waals surface area contributed by atoms with Gasteiger partial charge in [-0.25, -0.2) is 13.8 Å². The summed E-state index contributed by atoms with van der Waals surface area (Å²) < 4.78 is 31.4. The molecule has 0 saturated heterocycles. The third kappa shape index (κ3) is 7.68. The van der Waals surface area contributed by atoms with Crippen LogP contribution in [0.2, 0.25) is 0 Å². The molecule has 0 aliphatic heterocycles. The molecule has 0 spiro atoms. The maximum absolute atomic E-state index is 12.5. The third-order valence-electron chi connectivity index (χ3n) is 4.76. The van der Waals surface area contributed by atoms with E-state index in [2.05, 4.69) is 15.8 Å². The summed E-state index contributed by atoms with van der Waals surface area (Å²) in [5, 5.41) is 6.73. The van der Waals surface area contributed by atoms with Gasteiger partial charge in [-0.2, -0.15) is 5.10 Å². The van der Waals surface area contributed by atoms with Gasteiger partial charge in [-0.1, -0.05) is 30.3 Å². The van der Waals surface area contributed by atoms with E-state index < -0.39 is 22.5 Å². The molecule has 0 aliphatic carbocycles.